The lowest BCUT2D eigenvalue weighted by Gasteiger charge is -2.30. The summed E-state index contributed by atoms with van der Waals surface area (Å²) in [6.45, 7) is 5.19. The van der Waals surface area contributed by atoms with E-state index in [1.807, 2.05) is 30.3 Å². The minimum Gasteiger partial charge on any atom is -0.356 e. The number of piperidine rings is 1. The van der Waals surface area contributed by atoms with Gasteiger partial charge in [0, 0.05) is 18.0 Å². The van der Waals surface area contributed by atoms with Gasteiger partial charge in [-0.05, 0) is 51.3 Å². The van der Waals surface area contributed by atoms with Crippen LogP contribution in [0.4, 0.5) is 0 Å². The van der Waals surface area contributed by atoms with Crippen LogP contribution in [0.1, 0.15) is 36.3 Å². The molecule has 1 aromatic heterocycles. The Morgan fingerprint density at radius 1 is 1.10 bits per heavy atom. The van der Waals surface area contributed by atoms with Crippen molar-refractivity contribution >= 4 is 5.91 Å². The van der Waals surface area contributed by atoms with Gasteiger partial charge in [0.15, 0.2) is 0 Å². The van der Waals surface area contributed by atoms with Crippen molar-refractivity contribution in [3.8, 4) is 11.4 Å². The van der Waals surface area contributed by atoms with Crippen molar-refractivity contribution in [3.05, 3.63) is 71.6 Å². The molecule has 1 amide bonds. The van der Waals surface area contributed by atoms with Crippen molar-refractivity contribution in [1.82, 2.24) is 20.4 Å². The second-order valence-electron chi connectivity index (χ2n) is 8.31. The summed E-state index contributed by atoms with van der Waals surface area (Å²) in [4.78, 5) is 19.3. The predicted molar refractivity (Wildman–Crippen MR) is 120 cm³/mol. The molecule has 0 saturated carbocycles. The number of nitrogens with zero attached hydrogens (tertiary/aromatic N) is 3. The zero-order chi connectivity index (χ0) is 21.5. The molecule has 0 aliphatic carbocycles. The van der Waals surface area contributed by atoms with Gasteiger partial charge in [-0.1, -0.05) is 65.3 Å². The molecule has 0 bridgehead atoms. The van der Waals surface area contributed by atoms with E-state index in [-0.39, 0.29) is 11.8 Å². The normalized spacial score (nSPS) is 15.1. The summed E-state index contributed by atoms with van der Waals surface area (Å²) in [5, 5.41) is 7.21. The van der Waals surface area contributed by atoms with Gasteiger partial charge >= 0.3 is 0 Å². The molecule has 0 atom stereocenters. The molecule has 0 spiro atoms. The van der Waals surface area contributed by atoms with Crippen LogP contribution in [0.3, 0.4) is 0 Å². The SMILES string of the molecule is Cc1ccc(CCCNC(=O)C2CCN(Cc3nc(-c4ccccc4)no3)CC2)cc1. The summed E-state index contributed by atoms with van der Waals surface area (Å²) in [7, 11) is 0. The first-order chi connectivity index (χ1) is 15.2. The van der Waals surface area contributed by atoms with Crippen molar-refractivity contribution < 1.29 is 9.32 Å². The number of hydrogen-bond donors (Lipinski definition) is 1. The minimum absolute atomic E-state index is 0.0955. The van der Waals surface area contributed by atoms with Crippen LogP contribution in [0.15, 0.2) is 59.1 Å². The molecule has 2 aromatic carbocycles. The zero-order valence-electron chi connectivity index (χ0n) is 18.1. The molecule has 1 aliphatic heterocycles. The topological polar surface area (TPSA) is 71.3 Å². The Balaban J connectivity index is 1.16. The smallest absolute Gasteiger partial charge is 0.241 e. The van der Waals surface area contributed by atoms with Crippen molar-refractivity contribution in [2.75, 3.05) is 19.6 Å². The summed E-state index contributed by atoms with van der Waals surface area (Å²) in [5.74, 6) is 1.53. The maximum Gasteiger partial charge on any atom is 0.241 e. The fourth-order valence-corrected chi connectivity index (χ4v) is 3.97. The van der Waals surface area contributed by atoms with E-state index in [9.17, 15) is 4.79 Å². The maximum absolute atomic E-state index is 12.5. The van der Waals surface area contributed by atoms with Crippen LogP contribution in [0.25, 0.3) is 11.4 Å². The van der Waals surface area contributed by atoms with Gasteiger partial charge < -0.3 is 9.84 Å². The number of hydrogen-bond acceptors (Lipinski definition) is 5. The fraction of sp³-hybridized carbons (Fsp3) is 0.400. The van der Waals surface area contributed by atoms with E-state index >= 15 is 0 Å². The summed E-state index contributed by atoms with van der Waals surface area (Å²) >= 11 is 0. The number of carbonyl (C=O) groups is 1. The second kappa shape index (κ2) is 10.4. The molecule has 4 rings (SSSR count). The number of aryl methyl sites for hydroxylation is 2. The number of rotatable bonds is 8. The van der Waals surface area contributed by atoms with Gasteiger partial charge in [0.2, 0.25) is 17.6 Å². The van der Waals surface area contributed by atoms with Crippen LogP contribution in [-0.4, -0.2) is 40.6 Å². The maximum atomic E-state index is 12.5. The molecule has 0 unspecified atom stereocenters. The highest BCUT2D eigenvalue weighted by Gasteiger charge is 2.25. The molecule has 1 saturated heterocycles. The lowest BCUT2D eigenvalue weighted by Crippen LogP contribution is -2.40. The minimum atomic E-state index is 0.0955. The van der Waals surface area contributed by atoms with Crippen molar-refractivity contribution in [3.63, 3.8) is 0 Å². The summed E-state index contributed by atoms with van der Waals surface area (Å²) < 4.78 is 5.42. The Labute approximate surface area is 183 Å². The molecule has 0 radical (unpaired) electrons. The third-order valence-electron chi connectivity index (χ3n) is 5.88. The number of benzene rings is 2. The first-order valence-electron chi connectivity index (χ1n) is 11.1. The highest BCUT2D eigenvalue weighted by molar-refractivity contribution is 5.78. The molecule has 1 N–H and O–H groups in total. The van der Waals surface area contributed by atoms with Crippen LogP contribution in [0.5, 0.6) is 0 Å². The van der Waals surface area contributed by atoms with Gasteiger partial charge in [-0.3, -0.25) is 9.69 Å². The van der Waals surface area contributed by atoms with Gasteiger partial charge in [0.25, 0.3) is 0 Å². The fourth-order valence-electron chi connectivity index (χ4n) is 3.97. The zero-order valence-corrected chi connectivity index (χ0v) is 18.1. The number of aromatic nitrogens is 2. The monoisotopic (exact) mass is 418 g/mol. The Hall–Kier alpha value is -2.99. The van der Waals surface area contributed by atoms with Crippen LogP contribution in [0, 0.1) is 12.8 Å². The van der Waals surface area contributed by atoms with Crippen LogP contribution >= 0.6 is 0 Å². The lowest BCUT2D eigenvalue weighted by molar-refractivity contribution is -0.126. The van der Waals surface area contributed by atoms with E-state index in [0.717, 1.165) is 50.9 Å². The summed E-state index contributed by atoms with van der Waals surface area (Å²) in [6.07, 6.45) is 3.69. The van der Waals surface area contributed by atoms with Gasteiger partial charge in [-0.15, -0.1) is 0 Å². The van der Waals surface area contributed by atoms with Crippen molar-refractivity contribution in [1.29, 1.82) is 0 Å². The molecular weight excluding hydrogens is 388 g/mol. The lowest BCUT2D eigenvalue weighted by atomic mass is 9.96. The Morgan fingerprint density at radius 3 is 2.58 bits per heavy atom. The number of amides is 1. The molecule has 162 valence electrons. The summed E-state index contributed by atoms with van der Waals surface area (Å²) in [6, 6.07) is 18.4. The van der Waals surface area contributed by atoms with E-state index < -0.39 is 0 Å². The Kier molecular flexibility index (Phi) is 7.10. The Morgan fingerprint density at radius 2 is 1.84 bits per heavy atom. The van der Waals surface area contributed by atoms with Gasteiger partial charge in [0.1, 0.15) is 0 Å². The van der Waals surface area contributed by atoms with E-state index in [0.29, 0.717) is 18.3 Å². The molecule has 31 heavy (non-hydrogen) atoms. The number of likely N-dealkylation sites (tertiary alicyclic amines) is 1. The van der Waals surface area contributed by atoms with Crippen LogP contribution < -0.4 is 5.32 Å². The third-order valence-corrected chi connectivity index (χ3v) is 5.88. The highest BCUT2D eigenvalue weighted by atomic mass is 16.5. The summed E-state index contributed by atoms with van der Waals surface area (Å²) in [5.41, 5.74) is 3.55. The van der Waals surface area contributed by atoms with Gasteiger partial charge in [-0.25, -0.2) is 0 Å². The molecule has 6 nitrogen and oxygen atoms in total. The number of carbonyl (C=O) groups excluding carboxylic acids is 1. The molecule has 1 aliphatic rings. The predicted octanol–water partition coefficient (Wildman–Crippen LogP) is 4.01. The third kappa shape index (κ3) is 6.01. The van der Waals surface area contributed by atoms with Crippen molar-refractivity contribution in [2.45, 2.75) is 39.2 Å². The van der Waals surface area contributed by atoms with E-state index in [2.05, 4.69) is 51.5 Å². The van der Waals surface area contributed by atoms with Crippen molar-refractivity contribution in [2.24, 2.45) is 5.92 Å². The van der Waals surface area contributed by atoms with Crippen LogP contribution in [0.2, 0.25) is 0 Å². The van der Waals surface area contributed by atoms with E-state index in [1.54, 1.807) is 0 Å². The second-order valence-corrected chi connectivity index (χ2v) is 8.31. The molecule has 1 fully saturated rings. The van der Waals surface area contributed by atoms with E-state index in [4.69, 9.17) is 4.52 Å². The van der Waals surface area contributed by atoms with E-state index in [1.165, 1.54) is 11.1 Å². The largest absolute Gasteiger partial charge is 0.356 e. The average Bonchev–Trinajstić information content (AvgIpc) is 3.27. The standard InChI is InChI=1S/C25H30N4O2/c1-19-9-11-20(12-10-19)6-5-15-26-25(30)22-13-16-29(17-14-22)18-23-27-24(28-31-23)21-7-3-2-4-8-21/h2-4,7-12,22H,5-6,13-18H2,1H3,(H,26,30). The molecule has 6 heteroatoms. The molecular formula is C25H30N4O2. The molecule has 3 aromatic rings. The first kappa shape index (κ1) is 21.2. The Bertz CT molecular complexity index is 961. The average molecular weight is 419 g/mol. The first-order valence-corrected chi connectivity index (χ1v) is 11.1. The molecule has 2 heterocycles. The van der Waals surface area contributed by atoms with Crippen LogP contribution in [-0.2, 0) is 17.8 Å². The number of nitrogens with one attached hydrogen (secondary N) is 1. The quantitative estimate of drug-likeness (QED) is 0.560. The highest BCUT2D eigenvalue weighted by Crippen LogP contribution is 2.20. The van der Waals surface area contributed by atoms with Gasteiger partial charge in [0.05, 0.1) is 6.54 Å². The van der Waals surface area contributed by atoms with Gasteiger partial charge in [-0.2, -0.15) is 4.98 Å².